The van der Waals surface area contributed by atoms with E-state index in [-0.39, 0.29) is 11.9 Å². The lowest BCUT2D eigenvalue weighted by Crippen LogP contribution is -2.33. The van der Waals surface area contributed by atoms with Gasteiger partial charge >= 0.3 is 0 Å². The molecule has 1 aromatic heterocycles. The van der Waals surface area contributed by atoms with Gasteiger partial charge in [-0.3, -0.25) is 4.79 Å². The number of hydrogen-bond donors (Lipinski definition) is 1. The minimum absolute atomic E-state index is 0.0982. The van der Waals surface area contributed by atoms with E-state index < -0.39 is 0 Å². The summed E-state index contributed by atoms with van der Waals surface area (Å²) in [6, 6.07) is 7.69. The highest BCUT2D eigenvalue weighted by Crippen LogP contribution is 2.24. The monoisotopic (exact) mass is 308 g/mol. The van der Waals surface area contributed by atoms with Crippen molar-refractivity contribution in [3.05, 3.63) is 41.2 Å². The summed E-state index contributed by atoms with van der Waals surface area (Å²) in [5.74, 6) is 0.931. The number of carbonyl (C=O) groups excluding carboxylic acids is 1. The molecule has 1 amide bonds. The van der Waals surface area contributed by atoms with Gasteiger partial charge in [-0.2, -0.15) is 11.8 Å². The molecular weight excluding hydrogens is 292 g/mol. The van der Waals surface area contributed by atoms with Crippen LogP contribution in [0.1, 0.15) is 23.7 Å². The molecule has 106 valence electrons. The van der Waals surface area contributed by atoms with Gasteiger partial charge in [-0.1, -0.05) is 35.9 Å². The van der Waals surface area contributed by atoms with Crippen molar-refractivity contribution in [2.24, 2.45) is 0 Å². The fourth-order valence-electron chi connectivity index (χ4n) is 2.01. The first-order valence-electron chi connectivity index (χ1n) is 6.46. The van der Waals surface area contributed by atoms with Crippen LogP contribution in [0.3, 0.4) is 0 Å². The summed E-state index contributed by atoms with van der Waals surface area (Å²) >= 11 is 7.84. The fraction of sp³-hybridized carbons (Fsp3) is 0.333. The lowest BCUT2D eigenvalue weighted by atomic mass is 10.1. The number of rotatable bonds is 5. The van der Waals surface area contributed by atoms with Crippen molar-refractivity contribution < 1.29 is 4.79 Å². The number of hydrogen-bond acceptors (Lipinski definition) is 3. The normalized spacial score (nSPS) is 12.3. The lowest BCUT2D eigenvalue weighted by Gasteiger charge is -2.14. The van der Waals surface area contributed by atoms with Gasteiger partial charge in [-0.15, -0.1) is 0 Å². The Morgan fingerprint density at radius 1 is 1.40 bits per heavy atom. The van der Waals surface area contributed by atoms with E-state index in [1.165, 1.54) is 0 Å². The number of nitrogens with one attached hydrogen (secondary N) is 1. The van der Waals surface area contributed by atoms with Crippen LogP contribution in [0.2, 0.25) is 5.15 Å². The summed E-state index contributed by atoms with van der Waals surface area (Å²) in [4.78, 5) is 16.4. The average Bonchev–Trinajstić information content (AvgIpc) is 2.45. The number of aromatic nitrogens is 1. The molecule has 5 heteroatoms. The van der Waals surface area contributed by atoms with E-state index >= 15 is 0 Å². The molecule has 1 unspecified atom stereocenters. The molecule has 20 heavy (non-hydrogen) atoms. The van der Waals surface area contributed by atoms with E-state index in [1.807, 2.05) is 31.2 Å². The molecule has 1 N–H and O–H groups in total. The topological polar surface area (TPSA) is 42.0 Å². The molecule has 2 rings (SSSR count). The quantitative estimate of drug-likeness (QED) is 0.855. The van der Waals surface area contributed by atoms with Crippen LogP contribution in [0.15, 0.2) is 30.5 Å². The van der Waals surface area contributed by atoms with Crippen molar-refractivity contribution >= 4 is 40.0 Å². The van der Waals surface area contributed by atoms with Gasteiger partial charge < -0.3 is 5.32 Å². The highest BCUT2D eigenvalue weighted by Gasteiger charge is 2.14. The third kappa shape index (κ3) is 3.44. The molecule has 0 aliphatic rings. The fourth-order valence-corrected chi connectivity index (χ4v) is 2.81. The highest BCUT2D eigenvalue weighted by molar-refractivity contribution is 7.98. The van der Waals surface area contributed by atoms with Crippen LogP contribution < -0.4 is 5.32 Å². The van der Waals surface area contributed by atoms with E-state index in [1.54, 1.807) is 18.0 Å². The number of benzene rings is 1. The van der Waals surface area contributed by atoms with Gasteiger partial charge in [0.25, 0.3) is 5.91 Å². The second kappa shape index (κ2) is 6.95. The van der Waals surface area contributed by atoms with Crippen molar-refractivity contribution in [1.82, 2.24) is 10.3 Å². The summed E-state index contributed by atoms with van der Waals surface area (Å²) in [5.41, 5.74) is 0.570. The summed E-state index contributed by atoms with van der Waals surface area (Å²) in [6.45, 7) is 2.01. The van der Waals surface area contributed by atoms with Crippen molar-refractivity contribution in [3.8, 4) is 0 Å². The maximum absolute atomic E-state index is 12.3. The second-order valence-electron chi connectivity index (χ2n) is 4.66. The molecule has 1 aromatic carbocycles. The van der Waals surface area contributed by atoms with E-state index in [2.05, 4.69) is 16.6 Å². The van der Waals surface area contributed by atoms with Crippen LogP contribution in [-0.2, 0) is 0 Å². The molecule has 3 nitrogen and oxygen atoms in total. The molecule has 0 saturated heterocycles. The molecule has 0 saturated carbocycles. The standard InChI is InChI=1S/C15H17ClN2OS/c1-10(7-8-20-2)18-15(19)13-9-17-14(16)12-6-4-3-5-11(12)13/h3-6,9-10H,7-8H2,1-2H3,(H,18,19). The first kappa shape index (κ1) is 15.1. The first-order chi connectivity index (χ1) is 9.63. The molecule has 0 aliphatic carbocycles. The Morgan fingerprint density at radius 3 is 2.80 bits per heavy atom. The van der Waals surface area contributed by atoms with Gasteiger partial charge in [0.05, 0.1) is 5.56 Å². The van der Waals surface area contributed by atoms with Gasteiger partial charge in [0.2, 0.25) is 0 Å². The number of thioether (sulfide) groups is 1. The predicted octanol–water partition coefficient (Wildman–Crippen LogP) is 3.76. The Kier molecular flexibility index (Phi) is 5.26. The SMILES string of the molecule is CSCCC(C)NC(=O)c1cnc(Cl)c2ccccc12. The zero-order valence-electron chi connectivity index (χ0n) is 11.5. The summed E-state index contributed by atoms with van der Waals surface area (Å²) in [5, 5.41) is 5.07. The van der Waals surface area contributed by atoms with Crippen molar-refractivity contribution in [3.63, 3.8) is 0 Å². The van der Waals surface area contributed by atoms with Crippen LogP contribution in [0.4, 0.5) is 0 Å². The van der Waals surface area contributed by atoms with Crippen LogP contribution in [-0.4, -0.2) is 28.9 Å². The van der Waals surface area contributed by atoms with Gasteiger partial charge in [0.1, 0.15) is 5.15 Å². The van der Waals surface area contributed by atoms with Gasteiger partial charge in [-0.25, -0.2) is 4.98 Å². The van der Waals surface area contributed by atoms with Gasteiger partial charge in [0, 0.05) is 17.6 Å². The lowest BCUT2D eigenvalue weighted by molar-refractivity contribution is 0.0941. The molecule has 1 atom stereocenters. The Labute approximate surface area is 128 Å². The van der Waals surface area contributed by atoms with Gasteiger partial charge in [-0.05, 0) is 30.7 Å². The van der Waals surface area contributed by atoms with Crippen molar-refractivity contribution in [2.45, 2.75) is 19.4 Å². The largest absolute Gasteiger partial charge is 0.349 e. The smallest absolute Gasteiger partial charge is 0.253 e. The number of carbonyl (C=O) groups is 1. The average molecular weight is 309 g/mol. The molecular formula is C15H17ClN2OS. The van der Waals surface area contributed by atoms with Crippen LogP contribution in [0, 0.1) is 0 Å². The summed E-state index contributed by atoms with van der Waals surface area (Å²) in [6.07, 6.45) is 4.55. The summed E-state index contributed by atoms with van der Waals surface area (Å²) < 4.78 is 0. The molecule has 0 fully saturated rings. The van der Waals surface area contributed by atoms with Crippen LogP contribution >= 0.6 is 23.4 Å². The predicted molar refractivity (Wildman–Crippen MR) is 86.7 cm³/mol. The van der Waals surface area contributed by atoms with Crippen molar-refractivity contribution in [2.75, 3.05) is 12.0 Å². The van der Waals surface area contributed by atoms with Crippen LogP contribution in [0.25, 0.3) is 10.8 Å². The number of nitrogens with zero attached hydrogens (tertiary/aromatic N) is 1. The maximum atomic E-state index is 12.3. The van der Waals surface area contributed by atoms with Gasteiger partial charge in [0.15, 0.2) is 0 Å². The van der Waals surface area contributed by atoms with E-state index in [0.717, 1.165) is 22.9 Å². The first-order valence-corrected chi connectivity index (χ1v) is 8.23. The molecule has 2 aromatic rings. The second-order valence-corrected chi connectivity index (χ2v) is 6.01. The number of fused-ring (bicyclic) bond motifs is 1. The Bertz CT molecular complexity index is 618. The third-order valence-corrected chi connectivity index (χ3v) is 4.07. The van der Waals surface area contributed by atoms with Crippen LogP contribution in [0.5, 0.6) is 0 Å². The molecule has 0 bridgehead atoms. The van der Waals surface area contributed by atoms with E-state index in [9.17, 15) is 4.79 Å². The third-order valence-electron chi connectivity index (χ3n) is 3.12. The highest BCUT2D eigenvalue weighted by atomic mass is 35.5. The zero-order chi connectivity index (χ0) is 14.5. The number of amides is 1. The molecule has 0 aliphatic heterocycles. The number of halogens is 1. The Hall–Kier alpha value is -1.26. The number of pyridine rings is 1. The Balaban J connectivity index is 2.24. The maximum Gasteiger partial charge on any atom is 0.253 e. The van der Waals surface area contributed by atoms with E-state index in [4.69, 9.17) is 11.6 Å². The minimum Gasteiger partial charge on any atom is -0.349 e. The molecule has 1 heterocycles. The van der Waals surface area contributed by atoms with Crippen molar-refractivity contribution in [1.29, 1.82) is 0 Å². The Morgan fingerprint density at radius 2 is 2.10 bits per heavy atom. The van der Waals surface area contributed by atoms with E-state index in [0.29, 0.717) is 10.7 Å². The molecule has 0 radical (unpaired) electrons. The zero-order valence-corrected chi connectivity index (χ0v) is 13.1. The molecule has 0 spiro atoms. The summed E-state index contributed by atoms with van der Waals surface area (Å²) in [7, 11) is 0. The minimum atomic E-state index is -0.0982.